The molecule has 0 aliphatic carbocycles. The molecule has 0 spiro atoms. The number of anilines is 1. The van der Waals surface area contributed by atoms with Crippen LogP contribution in [0.5, 0.6) is 0 Å². The van der Waals surface area contributed by atoms with Gasteiger partial charge in [-0.2, -0.15) is 0 Å². The van der Waals surface area contributed by atoms with Crippen LogP contribution in [0, 0.1) is 0 Å². The minimum atomic E-state index is -0.484. The number of amides is 1. The van der Waals surface area contributed by atoms with Crippen molar-refractivity contribution in [1.29, 1.82) is 0 Å². The topological polar surface area (TPSA) is 29.5 Å². The molecule has 0 atom stereocenters. The van der Waals surface area contributed by atoms with Crippen LogP contribution in [0.1, 0.15) is 33.6 Å². The molecule has 0 unspecified atom stereocenters. The lowest BCUT2D eigenvalue weighted by atomic mass is 10.2. The molecule has 0 saturated carbocycles. The van der Waals surface area contributed by atoms with Gasteiger partial charge in [-0.3, -0.25) is 4.90 Å². The molecule has 0 heterocycles. The molecule has 0 fully saturated rings. The van der Waals surface area contributed by atoms with Gasteiger partial charge in [-0.05, 0) is 45.7 Å². The van der Waals surface area contributed by atoms with Crippen LogP contribution in [0.4, 0.5) is 10.5 Å². The minimum absolute atomic E-state index is 0.303. The van der Waals surface area contributed by atoms with Crippen LogP contribution in [0.3, 0.4) is 0 Å². The maximum atomic E-state index is 12.2. The number of benzene rings is 1. The standard InChI is InChI=1S/C16H23NO2/c1-5-6-10-13-17(14-11-8-7-9-12-14)15(18)19-16(2,3)4/h5,7-9,11-12H,1,6,10,13H2,2-4H3. The summed E-state index contributed by atoms with van der Waals surface area (Å²) >= 11 is 0. The van der Waals surface area contributed by atoms with Gasteiger partial charge in [-0.1, -0.05) is 24.3 Å². The first kappa shape index (κ1) is 15.3. The van der Waals surface area contributed by atoms with E-state index in [0.29, 0.717) is 6.54 Å². The van der Waals surface area contributed by atoms with E-state index in [-0.39, 0.29) is 6.09 Å². The maximum Gasteiger partial charge on any atom is 0.414 e. The van der Waals surface area contributed by atoms with Crippen molar-refractivity contribution in [3.8, 4) is 0 Å². The van der Waals surface area contributed by atoms with Gasteiger partial charge < -0.3 is 4.74 Å². The van der Waals surface area contributed by atoms with Crippen molar-refractivity contribution in [2.24, 2.45) is 0 Å². The fraction of sp³-hybridized carbons (Fsp3) is 0.438. The lowest BCUT2D eigenvalue weighted by Gasteiger charge is -2.27. The zero-order valence-corrected chi connectivity index (χ0v) is 12.1. The van der Waals surface area contributed by atoms with Crippen molar-refractivity contribution >= 4 is 11.8 Å². The number of hydrogen-bond donors (Lipinski definition) is 0. The third-order valence-corrected chi connectivity index (χ3v) is 2.47. The molecule has 3 nitrogen and oxygen atoms in total. The van der Waals surface area contributed by atoms with Gasteiger partial charge in [0.2, 0.25) is 0 Å². The molecule has 1 amide bonds. The van der Waals surface area contributed by atoms with E-state index >= 15 is 0 Å². The molecule has 3 heteroatoms. The molecule has 0 saturated heterocycles. The van der Waals surface area contributed by atoms with E-state index in [1.807, 2.05) is 57.2 Å². The summed E-state index contributed by atoms with van der Waals surface area (Å²) < 4.78 is 5.45. The Morgan fingerprint density at radius 1 is 1.32 bits per heavy atom. The van der Waals surface area contributed by atoms with E-state index in [0.717, 1.165) is 18.5 Å². The van der Waals surface area contributed by atoms with E-state index in [9.17, 15) is 4.79 Å². The van der Waals surface area contributed by atoms with Gasteiger partial charge in [0.25, 0.3) is 0 Å². The smallest absolute Gasteiger partial charge is 0.414 e. The molecule has 0 radical (unpaired) electrons. The average Bonchev–Trinajstić information content (AvgIpc) is 2.33. The summed E-state index contributed by atoms with van der Waals surface area (Å²) in [5, 5.41) is 0. The summed E-state index contributed by atoms with van der Waals surface area (Å²) in [7, 11) is 0. The monoisotopic (exact) mass is 261 g/mol. The lowest BCUT2D eigenvalue weighted by Crippen LogP contribution is -2.37. The van der Waals surface area contributed by atoms with Gasteiger partial charge in [-0.25, -0.2) is 4.79 Å². The van der Waals surface area contributed by atoms with Gasteiger partial charge in [0.1, 0.15) is 5.60 Å². The number of carbonyl (C=O) groups excluding carboxylic acids is 1. The Labute approximate surface area is 115 Å². The zero-order valence-electron chi connectivity index (χ0n) is 12.1. The summed E-state index contributed by atoms with van der Waals surface area (Å²) in [5.74, 6) is 0. The number of carbonyl (C=O) groups is 1. The largest absolute Gasteiger partial charge is 0.443 e. The predicted molar refractivity (Wildman–Crippen MR) is 79.5 cm³/mol. The fourth-order valence-corrected chi connectivity index (χ4v) is 1.64. The number of ether oxygens (including phenoxy) is 1. The van der Waals surface area contributed by atoms with Crippen molar-refractivity contribution in [3.63, 3.8) is 0 Å². The Bertz CT molecular complexity index is 407. The molecule has 19 heavy (non-hydrogen) atoms. The van der Waals surface area contributed by atoms with E-state index < -0.39 is 5.60 Å². The summed E-state index contributed by atoms with van der Waals surface area (Å²) in [6.45, 7) is 9.95. The van der Waals surface area contributed by atoms with Crippen LogP contribution >= 0.6 is 0 Å². The van der Waals surface area contributed by atoms with Crippen molar-refractivity contribution in [3.05, 3.63) is 43.0 Å². The summed E-state index contributed by atoms with van der Waals surface area (Å²) in [5.41, 5.74) is 0.378. The van der Waals surface area contributed by atoms with Gasteiger partial charge in [0.05, 0.1) is 0 Å². The third kappa shape index (κ3) is 5.60. The van der Waals surface area contributed by atoms with Crippen LogP contribution in [-0.4, -0.2) is 18.2 Å². The Hall–Kier alpha value is -1.77. The predicted octanol–water partition coefficient (Wildman–Crippen LogP) is 4.39. The third-order valence-electron chi connectivity index (χ3n) is 2.47. The molecule has 0 bridgehead atoms. The second-order valence-corrected chi connectivity index (χ2v) is 5.40. The molecular formula is C16H23NO2. The highest BCUT2D eigenvalue weighted by atomic mass is 16.6. The highest BCUT2D eigenvalue weighted by Crippen LogP contribution is 2.18. The molecule has 104 valence electrons. The quantitative estimate of drug-likeness (QED) is 0.581. The van der Waals surface area contributed by atoms with E-state index in [4.69, 9.17) is 4.74 Å². The molecular weight excluding hydrogens is 238 g/mol. The van der Waals surface area contributed by atoms with Crippen molar-refractivity contribution in [2.45, 2.75) is 39.2 Å². The van der Waals surface area contributed by atoms with Gasteiger partial charge in [0, 0.05) is 12.2 Å². The molecule has 1 rings (SSSR count). The molecule has 0 aromatic heterocycles. The van der Waals surface area contributed by atoms with Crippen LogP contribution < -0.4 is 4.90 Å². The van der Waals surface area contributed by atoms with Gasteiger partial charge in [-0.15, -0.1) is 6.58 Å². The van der Waals surface area contributed by atoms with E-state index in [1.165, 1.54) is 0 Å². The molecule has 0 aliphatic rings. The number of rotatable bonds is 5. The lowest BCUT2D eigenvalue weighted by molar-refractivity contribution is 0.0580. The Balaban J connectivity index is 2.80. The minimum Gasteiger partial charge on any atom is -0.443 e. The SMILES string of the molecule is C=CCCCN(C(=O)OC(C)(C)C)c1ccccc1. The zero-order chi connectivity index (χ0) is 14.3. The first-order valence-corrected chi connectivity index (χ1v) is 6.60. The fourth-order valence-electron chi connectivity index (χ4n) is 1.64. The van der Waals surface area contributed by atoms with E-state index in [1.54, 1.807) is 4.90 Å². The number of nitrogens with zero attached hydrogens (tertiary/aromatic N) is 1. The highest BCUT2D eigenvalue weighted by Gasteiger charge is 2.22. The molecule has 1 aromatic rings. The van der Waals surface area contributed by atoms with Crippen LogP contribution in [0.15, 0.2) is 43.0 Å². The molecule has 1 aromatic carbocycles. The van der Waals surface area contributed by atoms with Gasteiger partial charge in [0.15, 0.2) is 0 Å². The van der Waals surface area contributed by atoms with Crippen LogP contribution in [-0.2, 0) is 4.74 Å². The number of hydrogen-bond acceptors (Lipinski definition) is 2. The second-order valence-electron chi connectivity index (χ2n) is 5.40. The summed E-state index contributed by atoms with van der Waals surface area (Å²) in [4.78, 5) is 13.9. The first-order valence-electron chi connectivity index (χ1n) is 6.60. The van der Waals surface area contributed by atoms with E-state index in [2.05, 4.69) is 6.58 Å². The second kappa shape index (κ2) is 6.98. The number of allylic oxidation sites excluding steroid dienone is 1. The van der Waals surface area contributed by atoms with Crippen LogP contribution in [0.2, 0.25) is 0 Å². The average molecular weight is 261 g/mol. The van der Waals surface area contributed by atoms with Crippen molar-refractivity contribution in [2.75, 3.05) is 11.4 Å². The van der Waals surface area contributed by atoms with Crippen LogP contribution in [0.25, 0.3) is 0 Å². The highest BCUT2D eigenvalue weighted by molar-refractivity contribution is 5.87. The first-order chi connectivity index (χ1) is 8.94. The van der Waals surface area contributed by atoms with Crippen molar-refractivity contribution < 1.29 is 9.53 Å². The van der Waals surface area contributed by atoms with Gasteiger partial charge >= 0.3 is 6.09 Å². The number of unbranched alkanes of at least 4 members (excludes halogenated alkanes) is 1. The number of para-hydroxylation sites is 1. The normalized spacial score (nSPS) is 10.9. The summed E-state index contributed by atoms with van der Waals surface area (Å²) in [6.07, 6.45) is 3.31. The Kier molecular flexibility index (Phi) is 5.61. The molecule has 0 N–H and O–H groups in total. The molecule has 0 aliphatic heterocycles. The van der Waals surface area contributed by atoms with Crippen molar-refractivity contribution in [1.82, 2.24) is 0 Å². The Morgan fingerprint density at radius 2 is 1.95 bits per heavy atom. The summed E-state index contributed by atoms with van der Waals surface area (Å²) in [6, 6.07) is 9.59. The Morgan fingerprint density at radius 3 is 2.47 bits per heavy atom. The maximum absolute atomic E-state index is 12.2.